The van der Waals surface area contributed by atoms with Crippen LogP contribution in [0.5, 0.6) is 5.75 Å². The van der Waals surface area contributed by atoms with Gasteiger partial charge in [-0.2, -0.15) is 0 Å². The molecule has 0 aromatic heterocycles. The summed E-state index contributed by atoms with van der Waals surface area (Å²) in [5.41, 5.74) is 1.21. The van der Waals surface area contributed by atoms with E-state index in [0.29, 0.717) is 0 Å². The number of ether oxygens (including phenoxy) is 1. The molecule has 0 heterocycles. The van der Waals surface area contributed by atoms with Gasteiger partial charge in [0.25, 0.3) is 0 Å². The number of methoxy groups -OCH3 is 1. The average molecular weight is 230 g/mol. The van der Waals surface area contributed by atoms with Crippen LogP contribution in [0, 0.1) is 0 Å². The van der Waals surface area contributed by atoms with Gasteiger partial charge in [0.2, 0.25) is 0 Å². The van der Waals surface area contributed by atoms with E-state index in [0.717, 1.165) is 16.8 Å². The number of hydrogen-bond acceptors (Lipinski definition) is 2. The van der Waals surface area contributed by atoms with E-state index in [1.807, 2.05) is 25.2 Å². The standard InChI is InChI=1S/C9H12BrNO/c1-11-6-7-5-8(12-2)3-4-9(7)10/h3-5,11H,6H2,1-2H3. The zero-order valence-electron chi connectivity index (χ0n) is 7.23. The van der Waals surface area contributed by atoms with Crippen LogP contribution in [-0.2, 0) is 6.54 Å². The average Bonchev–Trinajstić information content (AvgIpc) is 2.09. The van der Waals surface area contributed by atoms with Gasteiger partial charge in [0.05, 0.1) is 7.11 Å². The summed E-state index contributed by atoms with van der Waals surface area (Å²) in [5, 5.41) is 3.09. The molecule has 0 saturated carbocycles. The van der Waals surface area contributed by atoms with Gasteiger partial charge in [0.15, 0.2) is 0 Å². The van der Waals surface area contributed by atoms with Crippen molar-refractivity contribution in [1.29, 1.82) is 0 Å². The minimum atomic E-state index is 0.845. The molecular weight excluding hydrogens is 218 g/mol. The second-order valence-electron chi connectivity index (χ2n) is 2.49. The third-order valence-electron chi connectivity index (χ3n) is 1.62. The molecule has 0 aliphatic rings. The molecule has 3 heteroatoms. The lowest BCUT2D eigenvalue weighted by atomic mass is 10.2. The minimum absolute atomic E-state index is 0.845. The van der Waals surface area contributed by atoms with Crippen LogP contribution in [0.15, 0.2) is 22.7 Å². The molecule has 0 aliphatic heterocycles. The Bertz CT molecular complexity index is 263. The van der Waals surface area contributed by atoms with E-state index in [1.165, 1.54) is 5.56 Å². The van der Waals surface area contributed by atoms with Gasteiger partial charge in [-0.1, -0.05) is 15.9 Å². The summed E-state index contributed by atoms with van der Waals surface area (Å²) < 4.78 is 6.22. The molecule has 0 saturated heterocycles. The maximum absolute atomic E-state index is 5.11. The fourth-order valence-electron chi connectivity index (χ4n) is 1.00. The van der Waals surface area contributed by atoms with Crippen LogP contribution in [0.3, 0.4) is 0 Å². The minimum Gasteiger partial charge on any atom is -0.497 e. The van der Waals surface area contributed by atoms with E-state index in [9.17, 15) is 0 Å². The molecule has 0 amide bonds. The van der Waals surface area contributed by atoms with Crippen LogP contribution >= 0.6 is 15.9 Å². The maximum atomic E-state index is 5.11. The molecule has 1 rings (SSSR count). The fourth-order valence-corrected chi connectivity index (χ4v) is 1.39. The number of hydrogen-bond donors (Lipinski definition) is 1. The molecular formula is C9H12BrNO. The highest BCUT2D eigenvalue weighted by Crippen LogP contribution is 2.21. The number of rotatable bonds is 3. The first kappa shape index (κ1) is 9.55. The van der Waals surface area contributed by atoms with E-state index in [4.69, 9.17) is 4.74 Å². The third-order valence-corrected chi connectivity index (χ3v) is 2.39. The van der Waals surface area contributed by atoms with Crippen molar-refractivity contribution < 1.29 is 4.74 Å². The van der Waals surface area contributed by atoms with Crippen LogP contribution in [0.25, 0.3) is 0 Å². The topological polar surface area (TPSA) is 21.3 Å². The summed E-state index contributed by atoms with van der Waals surface area (Å²) in [6.07, 6.45) is 0. The van der Waals surface area contributed by atoms with Gasteiger partial charge in [-0.15, -0.1) is 0 Å². The lowest BCUT2D eigenvalue weighted by Gasteiger charge is -2.05. The normalized spacial score (nSPS) is 9.92. The largest absolute Gasteiger partial charge is 0.497 e. The van der Waals surface area contributed by atoms with Gasteiger partial charge >= 0.3 is 0 Å². The summed E-state index contributed by atoms with van der Waals surface area (Å²) in [6, 6.07) is 5.94. The summed E-state index contributed by atoms with van der Waals surface area (Å²) in [7, 11) is 3.60. The van der Waals surface area contributed by atoms with Crippen LogP contribution < -0.4 is 10.1 Å². The second-order valence-corrected chi connectivity index (χ2v) is 3.34. The zero-order chi connectivity index (χ0) is 8.97. The van der Waals surface area contributed by atoms with Crippen molar-refractivity contribution in [3.05, 3.63) is 28.2 Å². The number of benzene rings is 1. The van der Waals surface area contributed by atoms with Crippen molar-refractivity contribution in [2.45, 2.75) is 6.54 Å². The van der Waals surface area contributed by atoms with E-state index in [2.05, 4.69) is 21.2 Å². The first-order valence-corrected chi connectivity index (χ1v) is 4.54. The zero-order valence-corrected chi connectivity index (χ0v) is 8.81. The summed E-state index contributed by atoms with van der Waals surface area (Å²) in [5.74, 6) is 0.892. The van der Waals surface area contributed by atoms with E-state index < -0.39 is 0 Å². The molecule has 12 heavy (non-hydrogen) atoms. The van der Waals surface area contributed by atoms with Gasteiger partial charge in [-0.25, -0.2) is 0 Å². The Balaban J connectivity index is 2.91. The molecule has 0 spiro atoms. The highest BCUT2D eigenvalue weighted by Gasteiger charge is 1.99. The number of nitrogens with one attached hydrogen (secondary N) is 1. The SMILES string of the molecule is CNCc1cc(OC)ccc1Br. The quantitative estimate of drug-likeness (QED) is 0.859. The molecule has 0 atom stereocenters. The second kappa shape index (κ2) is 4.48. The fraction of sp³-hybridized carbons (Fsp3) is 0.333. The molecule has 0 radical (unpaired) electrons. The van der Waals surface area contributed by atoms with Gasteiger partial charge in [-0.05, 0) is 30.8 Å². The third kappa shape index (κ3) is 2.22. The molecule has 0 fully saturated rings. The summed E-state index contributed by atoms with van der Waals surface area (Å²) in [4.78, 5) is 0. The van der Waals surface area contributed by atoms with Crippen molar-refractivity contribution in [3.8, 4) is 5.75 Å². The number of halogens is 1. The Morgan fingerprint density at radius 1 is 1.50 bits per heavy atom. The molecule has 1 aromatic rings. The van der Waals surface area contributed by atoms with Gasteiger partial charge < -0.3 is 10.1 Å². The van der Waals surface area contributed by atoms with Crippen molar-refractivity contribution in [2.75, 3.05) is 14.2 Å². The maximum Gasteiger partial charge on any atom is 0.119 e. The highest BCUT2D eigenvalue weighted by molar-refractivity contribution is 9.10. The summed E-state index contributed by atoms with van der Waals surface area (Å²) >= 11 is 3.47. The lowest BCUT2D eigenvalue weighted by molar-refractivity contribution is 0.414. The van der Waals surface area contributed by atoms with E-state index >= 15 is 0 Å². The summed E-state index contributed by atoms with van der Waals surface area (Å²) in [6.45, 7) is 0.845. The lowest BCUT2D eigenvalue weighted by Crippen LogP contribution is -2.05. The first-order chi connectivity index (χ1) is 5.77. The smallest absolute Gasteiger partial charge is 0.119 e. The van der Waals surface area contributed by atoms with E-state index in [1.54, 1.807) is 7.11 Å². The van der Waals surface area contributed by atoms with Crippen LogP contribution in [-0.4, -0.2) is 14.2 Å². The molecule has 1 aromatic carbocycles. The molecule has 0 aliphatic carbocycles. The van der Waals surface area contributed by atoms with Crippen molar-refractivity contribution in [1.82, 2.24) is 5.32 Å². The molecule has 66 valence electrons. The van der Waals surface area contributed by atoms with Crippen LogP contribution in [0.4, 0.5) is 0 Å². The molecule has 0 bridgehead atoms. The monoisotopic (exact) mass is 229 g/mol. The highest BCUT2D eigenvalue weighted by atomic mass is 79.9. The van der Waals surface area contributed by atoms with Crippen molar-refractivity contribution >= 4 is 15.9 Å². The predicted molar refractivity (Wildman–Crippen MR) is 53.5 cm³/mol. The van der Waals surface area contributed by atoms with Crippen molar-refractivity contribution in [3.63, 3.8) is 0 Å². The van der Waals surface area contributed by atoms with Gasteiger partial charge in [0.1, 0.15) is 5.75 Å². The van der Waals surface area contributed by atoms with Crippen molar-refractivity contribution in [2.24, 2.45) is 0 Å². The van der Waals surface area contributed by atoms with Gasteiger partial charge in [-0.3, -0.25) is 0 Å². The van der Waals surface area contributed by atoms with E-state index in [-0.39, 0.29) is 0 Å². The Morgan fingerprint density at radius 2 is 2.25 bits per heavy atom. The first-order valence-electron chi connectivity index (χ1n) is 3.75. The van der Waals surface area contributed by atoms with Crippen LogP contribution in [0.1, 0.15) is 5.56 Å². The molecule has 1 N–H and O–H groups in total. The Morgan fingerprint density at radius 3 is 2.83 bits per heavy atom. The van der Waals surface area contributed by atoms with Crippen LogP contribution in [0.2, 0.25) is 0 Å². The molecule has 0 unspecified atom stereocenters. The Kier molecular flexibility index (Phi) is 3.56. The predicted octanol–water partition coefficient (Wildman–Crippen LogP) is 2.18. The van der Waals surface area contributed by atoms with Gasteiger partial charge in [0, 0.05) is 11.0 Å². The Labute approximate surface area is 81.1 Å². The molecule has 2 nitrogen and oxygen atoms in total. The Hall–Kier alpha value is -0.540.